The van der Waals surface area contributed by atoms with E-state index in [0.29, 0.717) is 0 Å². The summed E-state index contributed by atoms with van der Waals surface area (Å²) in [6.45, 7) is 3.99. The van der Waals surface area contributed by atoms with E-state index < -0.39 is 0 Å². The molecule has 0 spiro atoms. The summed E-state index contributed by atoms with van der Waals surface area (Å²) < 4.78 is 0. The van der Waals surface area contributed by atoms with Crippen LogP contribution in [0.2, 0.25) is 0 Å². The first-order chi connectivity index (χ1) is 4.26. The van der Waals surface area contributed by atoms with Crippen molar-refractivity contribution in [2.45, 2.75) is 32.8 Å². The Balaban J connectivity index is 3.50. The Labute approximate surface area is 56.5 Å². The minimum absolute atomic E-state index is 0.0787. The van der Waals surface area contributed by atoms with Crippen LogP contribution in [-0.4, -0.2) is 22.9 Å². The summed E-state index contributed by atoms with van der Waals surface area (Å²) in [4.78, 5) is 0. The molecule has 0 aromatic carbocycles. The third-order valence-corrected chi connectivity index (χ3v) is 1.72. The molecular formula is C7H16O2. The molecule has 0 aliphatic carbocycles. The smallest absolute Gasteiger partial charge is 0.0587 e. The van der Waals surface area contributed by atoms with Crippen LogP contribution < -0.4 is 0 Å². The van der Waals surface area contributed by atoms with Crippen LogP contribution in [0.4, 0.5) is 0 Å². The third kappa shape index (κ3) is 2.82. The maximum absolute atomic E-state index is 9.16. The van der Waals surface area contributed by atoms with E-state index in [1.807, 2.05) is 13.8 Å². The zero-order valence-electron chi connectivity index (χ0n) is 6.17. The minimum atomic E-state index is -0.319. The molecule has 0 saturated heterocycles. The van der Waals surface area contributed by atoms with Gasteiger partial charge in [-0.15, -0.1) is 0 Å². The number of aliphatic hydroxyl groups excluding tert-OH is 2. The molecule has 2 heteroatoms. The van der Waals surface area contributed by atoms with Crippen LogP contribution in [-0.2, 0) is 0 Å². The second-order valence-electron chi connectivity index (χ2n) is 2.33. The van der Waals surface area contributed by atoms with Gasteiger partial charge in [0.15, 0.2) is 0 Å². The van der Waals surface area contributed by atoms with Crippen molar-refractivity contribution in [3.05, 3.63) is 0 Å². The highest BCUT2D eigenvalue weighted by Gasteiger charge is 2.12. The Hall–Kier alpha value is -0.0800. The van der Waals surface area contributed by atoms with Gasteiger partial charge in [0.2, 0.25) is 0 Å². The van der Waals surface area contributed by atoms with E-state index in [1.165, 1.54) is 0 Å². The number of rotatable bonds is 4. The van der Waals surface area contributed by atoms with Crippen molar-refractivity contribution in [3.8, 4) is 0 Å². The SMILES string of the molecule is CCC(O)C(CC)CO. The Bertz CT molecular complexity index is 59.9. The van der Waals surface area contributed by atoms with Gasteiger partial charge < -0.3 is 10.2 Å². The molecule has 0 aliphatic rings. The number of hydrogen-bond acceptors (Lipinski definition) is 2. The maximum atomic E-state index is 9.16. The third-order valence-electron chi connectivity index (χ3n) is 1.72. The predicted octanol–water partition coefficient (Wildman–Crippen LogP) is 0.776. The molecule has 9 heavy (non-hydrogen) atoms. The summed E-state index contributed by atoms with van der Waals surface area (Å²) in [6, 6.07) is 0. The molecule has 2 atom stereocenters. The quantitative estimate of drug-likeness (QED) is 0.593. The molecule has 2 nitrogen and oxygen atoms in total. The largest absolute Gasteiger partial charge is 0.396 e. The van der Waals surface area contributed by atoms with Crippen LogP contribution in [0.25, 0.3) is 0 Å². The van der Waals surface area contributed by atoms with Crippen molar-refractivity contribution in [1.29, 1.82) is 0 Å². The van der Waals surface area contributed by atoms with Gasteiger partial charge in [-0.2, -0.15) is 0 Å². The lowest BCUT2D eigenvalue weighted by atomic mass is 9.99. The van der Waals surface area contributed by atoms with Crippen LogP contribution in [0.5, 0.6) is 0 Å². The number of aliphatic hydroxyl groups is 2. The molecule has 0 aromatic rings. The zero-order valence-corrected chi connectivity index (χ0v) is 6.17. The Morgan fingerprint density at radius 2 is 1.78 bits per heavy atom. The highest BCUT2D eigenvalue weighted by molar-refractivity contribution is 4.63. The van der Waals surface area contributed by atoms with Crippen molar-refractivity contribution < 1.29 is 10.2 Å². The van der Waals surface area contributed by atoms with Crippen LogP contribution in [0.15, 0.2) is 0 Å². The monoisotopic (exact) mass is 132 g/mol. The molecule has 0 aliphatic heterocycles. The fourth-order valence-corrected chi connectivity index (χ4v) is 0.856. The van der Waals surface area contributed by atoms with Gasteiger partial charge in [0.05, 0.1) is 6.10 Å². The van der Waals surface area contributed by atoms with E-state index in [4.69, 9.17) is 10.2 Å². The van der Waals surface area contributed by atoms with Gasteiger partial charge in [-0.3, -0.25) is 0 Å². The first kappa shape index (κ1) is 8.92. The van der Waals surface area contributed by atoms with Crippen LogP contribution in [0.1, 0.15) is 26.7 Å². The first-order valence-corrected chi connectivity index (χ1v) is 3.55. The second-order valence-corrected chi connectivity index (χ2v) is 2.33. The summed E-state index contributed by atoms with van der Waals surface area (Å²) in [5, 5.41) is 17.8. The summed E-state index contributed by atoms with van der Waals surface area (Å²) in [6.07, 6.45) is 1.27. The van der Waals surface area contributed by atoms with E-state index in [0.717, 1.165) is 12.8 Å². The highest BCUT2D eigenvalue weighted by atomic mass is 16.3. The topological polar surface area (TPSA) is 40.5 Å². The van der Waals surface area contributed by atoms with Crippen molar-refractivity contribution >= 4 is 0 Å². The predicted molar refractivity (Wildman–Crippen MR) is 37.2 cm³/mol. The lowest BCUT2D eigenvalue weighted by Crippen LogP contribution is -2.21. The van der Waals surface area contributed by atoms with Gasteiger partial charge in [0.25, 0.3) is 0 Å². The van der Waals surface area contributed by atoms with Crippen molar-refractivity contribution in [1.82, 2.24) is 0 Å². The number of hydrogen-bond donors (Lipinski definition) is 2. The molecule has 0 rings (SSSR count). The lowest BCUT2D eigenvalue weighted by molar-refractivity contribution is 0.0625. The molecule has 0 saturated carbocycles. The summed E-state index contributed by atoms with van der Waals surface area (Å²) in [7, 11) is 0. The molecule has 0 bridgehead atoms. The van der Waals surface area contributed by atoms with Crippen molar-refractivity contribution in [2.24, 2.45) is 5.92 Å². The summed E-state index contributed by atoms with van der Waals surface area (Å²) in [5.41, 5.74) is 0. The molecule has 0 aromatic heterocycles. The second kappa shape index (κ2) is 4.77. The van der Waals surface area contributed by atoms with Gasteiger partial charge in [0, 0.05) is 12.5 Å². The molecule has 56 valence electrons. The van der Waals surface area contributed by atoms with Crippen molar-refractivity contribution in [2.75, 3.05) is 6.61 Å². The molecule has 0 fully saturated rings. The van der Waals surface area contributed by atoms with E-state index in [9.17, 15) is 0 Å². The molecule has 2 N–H and O–H groups in total. The fourth-order valence-electron chi connectivity index (χ4n) is 0.856. The first-order valence-electron chi connectivity index (χ1n) is 3.55. The molecular weight excluding hydrogens is 116 g/mol. The Kier molecular flexibility index (Phi) is 4.72. The van der Waals surface area contributed by atoms with Gasteiger partial charge in [-0.1, -0.05) is 13.8 Å². The van der Waals surface area contributed by atoms with Gasteiger partial charge in [-0.05, 0) is 12.8 Å². The summed E-state index contributed by atoms with van der Waals surface area (Å²) in [5.74, 6) is 0.0787. The van der Waals surface area contributed by atoms with Gasteiger partial charge in [-0.25, -0.2) is 0 Å². The molecule has 2 unspecified atom stereocenters. The van der Waals surface area contributed by atoms with Gasteiger partial charge in [0.1, 0.15) is 0 Å². The minimum Gasteiger partial charge on any atom is -0.396 e. The summed E-state index contributed by atoms with van der Waals surface area (Å²) >= 11 is 0. The lowest BCUT2D eigenvalue weighted by Gasteiger charge is -2.16. The standard InChI is InChI=1S/C7H16O2/c1-3-6(5-8)7(9)4-2/h6-9H,3-5H2,1-2H3. The van der Waals surface area contributed by atoms with Crippen molar-refractivity contribution in [3.63, 3.8) is 0 Å². The van der Waals surface area contributed by atoms with Gasteiger partial charge >= 0.3 is 0 Å². The fraction of sp³-hybridized carbons (Fsp3) is 1.00. The van der Waals surface area contributed by atoms with Crippen LogP contribution in [0.3, 0.4) is 0 Å². The normalized spacial score (nSPS) is 17.3. The van der Waals surface area contributed by atoms with Crippen LogP contribution in [0, 0.1) is 5.92 Å². The average molecular weight is 132 g/mol. The molecule has 0 amide bonds. The zero-order chi connectivity index (χ0) is 7.28. The Morgan fingerprint density at radius 3 is 1.89 bits per heavy atom. The van der Waals surface area contributed by atoms with E-state index in [-0.39, 0.29) is 18.6 Å². The highest BCUT2D eigenvalue weighted by Crippen LogP contribution is 2.09. The maximum Gasteiger partial charge on any atom is 0.0587 e. The molecule has 0 heterocycles. The Morgan fingerprint density at radius 1 is 1.22 bits per heavy atom. The van der Waals surface area contributed by atoms with E-state index in [2.05, 4.69) is 0 Å². The van der Waals surface area contributed by atoms with Crippen LogP contribution >= 0.6 is 0 Å². The van der Waals surface area contributed by atoms with E-state index >= 15 is 0 Å². The average Bonchev–Trinajstić information content (AvgIpc) is 1.90. The molecule has 0 radical (unpaired) electrons. The van der Waals surface area contributed by atoms with E-state index in [1.54, 1.807) is 0 Å².